The number of hydrogen-bond donors (Lipinski definition) is 1. The minimum absolute atomic E-state index is 0.0614. The summed E-state index contributed by atoms with van der Waals surface area (Å²) in [6.07, 6.45) is 8.60. The van der Waals surface area contributed by atoms with Crippen LogP contribution in [0.2, 0.25) is 0 Å². The standard InChI is InChI=1S/C29H32N6O2S/c1-17-5-4-8-34(14-17)29(36)19-9-22-27(24(10-19)37-3)33(2)28(32-22)23-11-25-26(35(23)15-18-6-7-18)21(16-38-25)20-12-30-31-13-20/h9-13,16-18H,4-8,14-15H2,1-3H3,(H,30,31)/t17-/m1/s1. The Hall–Kier alpha value is -3.59. The fourth-order valence-corrected chi connectivity index (χ4v) is 6.99. The van der Waals surface area contributed by atoms with Gasteiger partial charge in [0.1, 0.15) is 11.3 Å². The second-order valence-corrected chi connectivity index (χ2v) is 11.9. The minimum atomic E-state index is 0.0614. The van der Waals surface area contributed by atoms with Crippen LogP contribution in [-0.4, -0.2) is 55.3 Å². The molecule has 1 aliphatic carbocycles. The number of fused-ring (bicyclic) bond motifs is 2. The average molecular weight is 529 g/mol. The van der Waals surface area contributed by atoms with Crippen molar-refractivity contribution in [1.29, 1.82) is 0 Å². The van der Waals surface area contributed by atoms with E-state index in [-0.39, 0.29) is 5.91 Å². The van der Waals surface area contributed by atoms with Gasteiger partial charge in [0.2, 0.25) is 0 Å². The summed E-state index contributed by atoms with van der Waals surface area (Å²) in [6.45, 7) is 4.80. The number of thiophene rings is 1. The van der Waals surface area contributed by atoms with Crippen LogP contribution in [0.15, 0.2) is 36.0 Å². The number of amides is 1. The normalized spacial score (nSPS) is 18.1. The Morgan fingerprint density at radius 3 is 2.82 bits per heavy atom. The molecule has 5 heterocycles. The minimum Gasteiger partial charge on any atom is -0.494 e. The van der Waals surface area contributed by atoms with Crippen LogP contribution in [-0.2, 0) is 13.6 Å². The van der Waals surface area contributed by atoms with Crippen molar-refractivity contribution < 1.29 is 9.53 Å². The first-order valence-corrected chi connectivity index (χ1v) is 14.3. The Kier molecular flexibility index (Phi) is 5.58. The van der Waals surface area contributed by atoms with Crippen molar-refractivity contribution in [2.24, 2.45) is 18.9 Å². The number of piperidine rings is 1. The monoisotopic (exact) mass is 528 g/mol. The number of H-pyrrole nitrogens is 1. The SMILES string of the molecule is COc1cc(C(=O)N2CCC[C@@H](C)C2)cc2nc(-c3cc4scc(-c5cn[nH]c5)c4n3CC3CC3)n(C)c12. The molecule has 0 unspecified atom stereocenters. The lowest BCUT2D eigenvalue weighted by Gasteiger charge is -2.31. The number of nitrogens with one attached hydrogen (secondary N) is 1. The van der Waals surface area contributed by atoms with Crippen molar-refractivity contribution in [2.75, 3.05) is 20.2 Å². The van der Waals surface area contributed by atoms with Gasteiger partial charge in [-0.1, -0.05) is 6.92 Å². The van der Waals surface area contributed by atoms with E-state index < -0.39 is 0 Å². The Morgan fingerprint density at radius 2 is 2.08 bits per heavy atom. The molecule has 7 rings (SSSR count). The number of ether oxygens (including phenoxy) is 1. The first-order valence-electron chi connectivity index (χ1n) is 13.5. The molecule has 1 saturated carbocycles. The number of aromatic amines is 1. The number of nitrogens with zero attached hydrogens (tertiary/aromatic N) is 5. The fraction of sp³-hybridized carbons (Fsp3) is 0.414. The lowest BCUT2D eigenvalue weighted by atomic mass is 9.99. The van der Waals surface area contributed by atoms with E-state index in [1.54, 1.807) is 18.4 Å². The van der Waals surface area contributed by atoms with E-state index in [9.17, 15) is 4.79 Å². The van der Waals surface area contributed by atoms with Crippen LogP contribution < -0.4 is 4.74 Å². The fourth-order valence-electron chi connectivity index (χ4n) is 5.98. The average Bonchev–Trinajstić information content (AvgIpc) is 3.26. The number of aromatic nitrogens is 5. The highest BCUT2D eigenvalue weighted by Crippen LogP contribution is 2.42. The van der Waals surface area contributed by atoms with E-state index >= 15 is 0 Å². The number of hydrogen-bond acceptors (Lipinski definition) is 5. The number of imidazole rings is 1. The highest BCUT2D eigenvalue weighted by Gasteiger charge is 2.29. The number of benzene rings is 1. The molecule has 8 nitrogen and oxygen atoms in total. The zero-order valence-electron chi connectivity index (χ0n) is 22.0. The molecule has 1 aromatic carbocycles. The van der Waals surface area contributed by atoms with Crippen molar-refractivity contribution in [2.45, 2.75) is 39.2 Å². The molecule has 1 aliphatic heterocycles. The van der Waals surface area contributed by atoms with E-state index in [2.05, 4.69) is 37.7 Å². The third-order valence-corrected chi connectivity index (χ3v) is 9.06. The van der Waals surface area contributed by atoms with Gasteiger partial charge >= 0.3 is 0 Å². The molecule has 1 amide bonds. The van der Waals surface area contributed by atoms with Crippen LogP contribution in [0.3, 0.4) is 0 Å². The highest BCUT2D eigenvalue weighted by molar-refractivity contribution is 7.17. The summed E-state index contributed by atoms with van der Waals surface area (Å²) in [5, 5.41) is 9.36. The van der Waals surface area contributed by atoms with E-state index in [0.717, 1.165) is 54.2 Å². The molecule has 9 heteroatoms. The van der Waals surface area contributed by atoms with Gasteiger partial charge in [-0.2, -0.15) is 5.10 Å². The Labute approximate surface area is 225 Å². The molecule has 38 heavy (non-hydrogen) atoms. The molecule has 2 fully saturated rings. The molecule has 0 bridgehead atoms. The second kappa shape index (κ2) is 9.01. The molecular formula is C29H32N6O2S. The van der Waals surface area contributed by atoms with Crippen LogP contribution in [0.4, 0.5) is 0 Å². The molecule has 0 spiro atoms. The maximum atomic E-state index is 13.5. The summed E-state index contributed by atoms with van der Waals surface area (Å²) < 4.78 is 11.6. The zero-order valence-corrected chi connectivity index (χ0v) is 22.8. The molecule has 1 N–H and O–H groups in total. The van der Waals surface area contributed by atoms with Crippen LogP contribution in [0.25, 0.3) is 43.9 Å². The topological polar surface area (TPSA) is 81.0 Å². The van der Waals surface area contributed by atoms with Crippen molar-refractivity contribution in [3.63, 3.8) is 0 Å². The quantitative estimate of drug-likeness (QED) is 0.296. The van der Waals surface area contributed by atoms with Gasteiger partial charge in [-0.15, -0.1) is 11.3 Å². The lowest BCUT2D eigenvalue weighted by Crippen LogP contribution is -2.39. The van der Waals surface area contributed by atoms with E-state index in [4.69, 9.17) is 9.72 Å². The van der Waals surface area contributed by atoms with E-state index in [1.165, 1.54) is 35.0 Å². The molecular weight excluding hydrogens is 496 g/mol. The lowest BCUT2D eigenvalue weighted by molar-refractivity contribution is 0.0683. The van der Waals surface area contributed by atoms with Crippen LogP contribution in [0.1, 0.15) is 43.0 Å². The van der Waals surface area contributed by atoms with Gasteiger partial charge in [0.25, 0.3) is 5.91 Å². The Balaban J connectivity index is 1.37. The number of rotatable bonds is 6. The Morgan fingerprint density at radius 1 is 1.21 bits per heavy atom. The van der Waals surface area contributed by atoms with Gasteiger partial charge in [-0.05, 0) is 55.7 Å². The summed E-state index contributed by atoms with van der Waals surface area (Å²) in [7, 11) is 3.71. The smallest absolute Gasteiger partial charge is 0.254 e. The number of aryl methyl sites for hydroxylation is 1. The first-order chi connectivity index (χ1) is 18.5. The largest absolute Gasteiger partial charge is 0.494 e. The molecule has 5 aromatic rings. The maximum Gasteiger partial charge on any atom is 0.254 e. The van der Waals surface area contributed by atoms with Crippen LogP contribution in [0.5, 0.6) is 5.75 Å². The summed E-state index contributed by atoms with van der Waals surface area (Å²) in [5.41, 5.74) is 6.97. The summed E-state index contributed by atoms with van der Waals surface area (Å²) in [5.74, 6) is 2.85. The van der Waals surface area contributed by atoms with Gasteiger partial charge < -0.3 is 18.8 Å². The van der Waals surface area contributed by atoms with Gasteiger partial charge in [0.15, 0.2) is 5.82 Å². The third kappa shape index (κ3) is 3.83. The van der Waals surface area contributed by atoms with Gasteiger partial charge in [-0.25, -0.2) is 4.98 Å². The predicted molar refractivity (Wildman–Crippen MR) is 151 cm³/mol. The summed E-state index contributed by atoms with van der Waals surface area (Å²) in [4.78, 5) is 20.6. The summed E-state index contributed by atoms with van der Waals surface area (Å²) >= 11 is 1.76. The second-order valence-electron chi connectivity index (χ2n) is 11.0. The van der Waals surface area contributed by atoms with Crippen LogP contribution in [0, 0.1) is 11.8 Å². The number of methoxy groups -OCH3 is 1. The number of carbonyl (C=O) groups excluding carboxylic acids is 1. The molecule has 0 radical (unpaired) electrons. The van der Waals surface area contributed by atoms with Gasteiger partial charge in [0.05, 0.1) is 34.7 Å². The highest BCUT2D eigenvalue weighted by atomic mass is 32.1. The maximum absolute atomic E-state index is 13.5. The van der Waals surface area contributed by atoms with Crippen molar-refractivity contribution >= 4 is 38.5 Å². The van der Waals surface area contributed by atoms with Gasteiger partial charge in [-0.3, -0.25) is 9.89 Å². The van der Waals surface area contributed by atoms with Gasteiger partial charge in [0, 0.05) is 54.9 Å². The molecule has 4 aromatic heterocycles. The number of likely N-dealkylation sites (tertiary alicyclic amines) is 1. The van der Waals surface area contributed by atoms with Crippen molar-refractivity contribution in [1.82, 2.24) is 29.2 Å². The summed E-state index contributed by atoms with van der Waals surface area (Å²) in [6, 6.07) is 6.09. The Bertz CT molecular complexity index is 1660. The van der Waals surface area contributed by atoms with E-state index in [1.807, 2.05) is 36.5 Å². The number of carbonyl (C=O) groups is 1. The van der Waals surface area contributed by atoms with Crippen molar-refractivity contribution in [3.8, 4) is 28.4 Å². The van der Waals surface area contributed by atoms with Crippen molar-refractivity contribution in [3.05, 3.63) is 41.5 Å². The zero-order chi connectivity index (χ0) is 26.0. The molecule has 1 atom stereocenters. The molecule has 1 saturated heterocycles. The van der Waals surface area contributed by atoms with Crippen LogP contribution >= 0.6 is 11.3 Å². The predicted octanol–water partition coefficient (Wildman–Crippen LogP) is 5.94. The third-order valence-electron chi connectivity index (χ3n) is 8.14. The molecule has 2 aliphatic rings. The molecule has 196 valence electrons. The van der Waals surface area contributed by atoms with E-state index in [0.29, 0.717) is 23.1 Å². The first kappa shape index (κ1) is 23.5.